The molecule has 4 nitrogen and oxygen atoms in total. The summed E-state index contributed by atoms with van der Waals surface area (Å²) in [4.78, 5) is 16.2. The standard InChI is InChI=1S/C18H18N2O2/c1-4-17(21)19-14-7-5-6-13(12(14)3)18-20-15-10-11(2)8-9-16(15)22-18/h5-10H,4H2,1-3H3,(H,19,21). The van der Waals surface area contributed by atoms with Gasteiger partial charge in [0.05, 0.1) is 0 Å². The minimum absolute atomic E-state index is 0.00607. The quantitative estimate of drug-likeness (QED) is 0.776. The molecule has 1 heterocycles. The summed E-state index contributed by atoms with van der Waals surface area (Å²) in [6.45, 7) is 5.82. The summed E-state index contributed by atoms with van der Waals surface area (Å²) in [6.07, 6.45) is 0.450. The highest BCUT2D eigenvalue weighted by Gasteiger charge is 2.13. The first-order valence-electron chi connectivity index (χ1n) is 7.35. The van der Waals surface area contributed by atoms with Crippen LogP contribution in [0.1, 0.15) is 24.5 Å². The van der Waals surface area contributed by atoms with Gasteiger partial charge in [-0.2, -0.15) is 0 Å². The van der Waals surface area contributed by atoms with Gasteiger partial charge < -0.3 is 9.73 Å². The lowest BCUT2D eigenvalue weighted by atomic mass is 10.1. The molecule has 0 bridgehead atoms. The molecule has 112 valence electrons. The van der Waals surface area contributed by atoms with E-state index < -0.39 is 0 Å². The van der Waals surface area contributed by atoms with Crippen LogP contribution in [0, 0.1) is 13.8 Å². The van der Waals surface area contributed by atoms with Crippen LogP contribution >= 0.6 is 0 Å². The maximum Gasteiger partial charge on any atom is 0.227 e. The molecule has 1 aromatic heterocycles. The lowest BCUT2D eigenvalue weighted by Gasteiger charge is -2.09. The third-order valence-electron chi connectivity index (χ3n) is 3.70. The Balaban J connectivity index is 2.06. The summed E-state index contributed by atoms with van der Waals surface area (Å²) < 4.78 is 5.85. The Morgan fingerprint density at radius 3 is 2.82 bits per heavy atom. The van der Waals surface area contributed by atoms with Crippen molar-refractivity contribution in [3.8, 4) is 11.5 Å². The van der Waals surface area contributed by atoms with E-state index >= 15 is 0 Å². The molecule has 3 rings (SSSR count). The van der Waals surface area contributed by atoms with Gasteiger partial charge >= 0.3 is 0 Å². The second-order valence-corrected chi connectivity index (χ2v) is 5.37. The van der Waals surface area contributed by atoms with Crippen LogP contribution in [-0.4, -0.2) is 10.9 Å². The lowest BCUT2D eigenvalue weighted by Crippen LogP contribution is -2.10. The average molecular weight is 294 g/mol. The van der Waals surface area contributed by atoms with Crippen molar-refractivity contribution in [2.24, 2.45) is 0 Å². The summed E-state index contributed by atoms with van der Waals surface area (Å²) in [5.74, 6) is 0.569. The Morgan fingerprint density at radius 1 is 1.23 bits per heavy atom. The number of hydrogen-bond donors (Lipinski definition) is 1. The van der Waals surface area contributed by atoms with Crippen LogP contribution in [-0.2, 0) is 4.79 Å². The van der Waals surface area contributed by atoms with E-state index in [1.807, 2.05) is 57.2 Å². The molecule has 4 heteroatoms. The number of carbonyl (C=O) groups is 1. The molecule has 0 aliphatic carbocycles. The molecular formula is C18H18N2O2. The Labute approximate surface area is 129 Å². The number of amides is 1. The zero-order chi connectivity index (χ0) is 15.7. The summed E-state index contributed by atoms with van der Waals surface area (Å²) in [6, 6.07) is 11.7. The van der Waals surface area contributed by atoms with Gasteiger partial charge in [-0.1, -0.05) is 19.1 Å². The second-order valence-electron chi connectivity index (χ2n) is 5.37. The molecular weight excluding hydrogens is 276 g/mol. The summed E-state index contributed by atoms with van der Waals surface area (Å²) >= 11 is 0. The molecule has 0 aliphatic heterocycles. The van der Waals surface area contributed by atoms with Gasteiger partial charge in [0.2, 0.25) is 11.8 Å². The van der Waals surface area contributed by atoms with E-state index in [1.165, 1.54) is 0 Å². The number of fused-ring (bicyclic) bond motifs is 1. The van der Waals surface area contributed by atoms with Crippen LogP contribution in [0.3, 0.4) is 0 Å². The first-order valence-corrected chi connectivity index (χ1v) is 7.35. The van der Waals surface area contributed by atoms with Crippen LogP contribution in [0.2, 0.25) is 0 Å². The van der Waals surface area contributed by atoms with Crippen molar-refractivity contribution >= 4 is 22.7 Å². The number of rotatable bonds is 3. The van der Waals surface area contributed by atoms with E-state index in [1.54, 1.807) is 0 Å². The number of benzene rings is 2. The fourth-order valence-corrected chi connectivity index (χ4v) is 2.39. The minimum atomic E-state index is -0.00607. The van der Waals surface area contributed by atoms with Gasteiger partial charge in [-0.3, -0.25) is 4.79 Å². The van der Waals surface area contributed by atoms with E-state index in [2.05, 4.69) is 10.3 Å². The second kappa shape index (κ2) is 5.64. The molecule has 0 atom stereocenters. The molecule has 1 N–H and O–H groups in total. The SMILES string of the molecule is CCC(=O)Nc1cccc(-c2nc3cc(C)ccc3o2)c1C. The lowest BCUT2D eigenvalue weighted by molar-refractivity contribution is -0.115. The molecule has 1 amide bonds. The smallest absolute Gasteiger partial charge is 0.227 e. The van der Waals surface area contributed by atoms with Gasteiger partial charge in [-0.15, -0.1) is 0 Å². The Kier molecular flexibility index (Phi) is 3.67. The third kappa shape index (κ3) is 2.60. The fourth-order valence-electron chi connectivity index (χ4n) is 2.39. The van der Waals surface area contributed by atoms with Crippen LogP contribution < -0.4 is 5.32 Å². The predicted octanol–water partition coefficient (Wildman–Crippen LogP) is 4.46. The van der Waals surface area contributed by atoms with Crippen molar-refractivity contribution in [2.75, 3.05) is 5.32 Å². The van der Waals surface area contributed by atoms with Crippen molar-refractivity contribution in [3.05, 3.63) is 47.5 Å². The first kappa shape index (κ1) is 14.3. The number of aromatic nitrogens is 1. The van der Waals surface area contributed by atoms with Gasteiger partial charge in [0, 0.05) is 17.7 Å². The first-order chi connectivity index (χ1) is 10.6. The normalized spacial score (nSPS) is 10.9. The molecule has 3 aromatic rings. The van der Waals surface area contributed by atoms with Crippen molar-refractivity contribution < 1.29 is 9.21 Å². The largest absolute Gasteiger partial charge is 0.436 e. The van der Waals surface area contributed by atoms with Crippen LogP contribution in [0.25, 0.3) is 22.6 Å². The van der Waals surface area contributed by atoms with E-state index in [0.717, 1.165) is 33.5 Å². The number of carbonyl (C=O) groups excluding carboxylic acids is 1. The van der Waals surface area contributed by atoms with Crippen LogP contribution in [0.15, 0.2) is 40.8 Å². The topological polar surface area (TPSA) is 55.1 Å². The number of hydrogen-bond acceptors (Lipinski definition) is 3. The minimum Gasteiger partial charge on any atom is -0.436 e. The van der Waals surface area contributed by atoms with E-state index in [-0.39, 0.29) is 5.91 Å². The van der Waals surface area contributed by atoms with Gasteiger partial charge in [-0.25, -0.2) is 4.98 Å². The highest BCUT2D eigenvalue weighted by Crippen LogP contribution is 2.30. The van der Waals surface area contributed by atoms with E-state index in [9.17, 15) is 4.79 Å². The summed E-state index contributed by atoms with van der Waals surface area (Å²) in [5, 5.41) is 2.90. The van der Waals surface area contributed by atoms with E-state index in [0.29, 0.717) is 12.3 Å². The van der Waals surface area contributed by atoms with Gasteiger partial charge in [0.25, 0.3) is 0 Å². The summed E-state index contributed by atoms with van der Waals surface area (Å²) in [5.41, 5.74) is 5.39. The Hall–Kier alpha value is -2.62. The van der Waals surface area contributed by atoms with Crippen molar-refractivity contribution in [1.29, 1.82) is 0 Å². The maximum atomic E-state index is 11.6. The van der Waals surface area contributed by atoms with Crippen LogP contribution in [0.4, 0.5) is 5.69 Å². The van der Waals surface area contributed by atoms with Gasteiger partial charge in [-0.05, 0) is 49.2 Å². The Bertz CT molecular complexity index is 849. The summed E-state index contributed by atoms with van der Waals surface area (Å²) in [7, 11) is 0. The third-order valence-corrected chi connectivity index (χ3v) is 3.70. The molecule has 0 unspecified atom stereocenters. The maximum absolute atomic E-state index is 11.6. The molecule has 0 saturated heterocycles. The molecule has 0 saturated carbocycles. The van der Waals surface area contributed by atoms with Gasteiger partial charge in [0.1, 0.15) is 5.52 Å². The number of aryl methyl sites for hydroxylation is 1. The highest BCUT2D eigenvalue weighted by molar-refractivity contribution is 5.92. The number of anilines is 1. The molecule has 0 fully saturated rings. The number of oxazole rings is 1. The van der Waals surface area contributed by atoms with E-state index in [4.69, 9.17) is 4.42 Å². The molecule has 0 aliphatic rings. The number of nitrogens with zero attached hydrogens (tertiary/aromatic N) is 1. The predicted molar refractivity (Wildman–Crippen MR) is 87.8 cm³/mol. The molecule has 2 aromatic carbocycles. The monoisotopic (exact) mass is 294 g/mol. The highest BCUT2D eigenvalue weighted by atomic mass is 16.3. The van der Waals surface area contributed by atoms with Crippen LogP contribution in [0.5, 0.6) is 0 Å². The van der Waals surface area contributed by atoms with Gasteiger partial charge in [0.15, 0.2) is 5.58 Å². The Morgan fingerprint density at radius 2 is 2.05 bits per heavy atom. The fraction of sp³-hybridized carbons (Fsp3) is 0.222. The molecule has 0 radical (unpaired) electrons. The average Bonchev–Trinajstić information content (AvgIpc) is 2.91. The molecule has 22 heavy (non-hydrogen) atoms. The van der Waals surface area contributed by atoms with Crippen molar-refractivity contribution in [3.63, 3.8) is 0 Å². The van der Waals surface area contributed by atoms with Crippen molar-refractivity contribution in [1.82, 2.24) is 4.98 Å². The zero-order valence-corrected chi connectivity index (χ0v) is 12.9. The zero-order valence-electron chi connectivity index (χ0n) is 12.9. The number of nitrogens with one attached hydrogen (secondary N) is 1. The van der Waals surface area contributed by atoms with Crippen molar-refractivity contribution in [2.45, 2.75) is 27.2 Å². The molecule has 0 spiro atoms.